The van der Waals surface area contributed by atoms with Crippen LogP contribution in [-0.2, 0) is 13.1 Å². The number of rotatable bonds is 8. The molecule has 0 spiro atoms. The van der Waals surface area contributed by atoms with E-state index in [2.05, 4.69) is 215 Å². The Balaban J connectivity index is 0.000000223. The highest BCUT2D eigenvalue weighted by Crippen LogP contribution is 2.25. The number of hydrogen-bond acceptors (Lipinski definition) is 4. The van der Waals surface area contributed by atoms with Crippen molar-refractivity contribution in [1.29, 1.82) is 0 Å². The zero-order valence-electron chi connectivity index (χ0n) is 39.2. The Labute approximate surface area is 384 Å². The lowest BCUT2D eigenvalue weighted by Crippen LogP contribution is -2.31. The summed E-state index contributed by atoms with van der Waals surface area (Å²) in [6.45, 7) is 10.2. The van der Waals surface area contributed by atoms with Crippen LogP contribution in [0.1, 0.15) is 27.7 Å². The van der Waals surface area contributed by atoms with E-state index in [9.17, 15) is 0 Å². The van der Waals surface area contributed by atoms with Gasteiger partial charge in [0.1, 0.15) is 13.1 Å². The van der Waals surface area contributed by atoms with Gasteiger partial charge in [-0.05, 0) is 49.9 Å². The molecular formula is C58H69N4O2+. The number of pyridine rings is 2. The Kier molecular flexibility index (Phi) is 24.3. The summed E-state index contributed by atoms with van der Waals surface area (Å²) in [4.78, 5) is 4.19. The van der Waals surface area contributed by atoms with Gasteiger partial charge in [-0.2, -0.15) is 0 Å². The van der Waals surface area contributed by atoms with Gasteiger partial charge in [0.25, 0.3) is 0 Å². The van der Waals surface area contributed by atoms with Gasteiger partial charge >= 0.3 is 0 Å². The van der Waals surface area contributed by atoms with Gasteiger partial charge in [0.15, 0.2) is 24.8 Å². The molecule has 0 saturated heterocycles. The molecule has 0 atom stereocenters. The molecule has 6 nitrogen and oxygen atoms in total. The molecular weight excluding hydrogens is 785 g/mol. The van der Waals surface area contributed by atoms with Gasteiger partial charge in [0.05, 0.1) is 0 Å². The minimum Gasteiger partial charge on any atom is -0.397 e. The summed E-state index contributed by atoms with van der Waals surface area (Å²) in [6.07, 6.45) is 8.37. The van der Waals surface area contributed by atoms with Crippen LogP contribution in [-0.4, -0.2) is 51.6 Å². The molecule has 0 aliphatic heterocycles. The standard InChI is InChI=1S/C18H14.C18H13.2C9H15N2.2C2H6O/c2*1-3-7-15(8-4-1)17-11-13-18(14-12-17)16-9-5-2-6-10-16;2*1-4-11-7-5-9(6-8-11)10(2)3;2*1-2-3/h1-14H;1-13H;2*5-8H,4H2,1-3H3;2*3H,2H2,1H3/q;-1;2*+1;;. The van der Waals surface area contributed by atoms with Crippen LogP contribution in [0.3, 0.4) is 0 Å². The fourth-order valence-electron chi connectivity index (χ4n) is 6.07. The molecule has 0 aliphatic carbocycles. The monoisotopic (exact) mass is 854 g/mol. The first-order chi connectivity index (χ1) is 31.2. The fraction of sp³-hybridized carbons (Fsp3) is 0.207. The van der Waals surface area contributed by atoms with Gasteiger partial charge in [-0.25, -0.2) is 9.13 Å². The largest absolute Gasteiger partial charge is 0.397 e. The molecule has 64 heavy (non-hydrogen) atoms. The topological polar surface area (TPSA) is 54.7 Å². The van der Waals surface area contributed by atoms with Crippen LogP contribution >= 0.6 is 0 Å². The molecule has 2 aromatic heterocycles. The molecule has 0 aliphatic rings. The number of aliphatic hydroxyl groups is 2. The molecule has 8 aromatic rings. The number of hydrogen-bond donors (Lipinski definition) is 2. The molecule has 8 rings (SSSR count). The van der Waals surface area contributed by atoms with Crippen molar-refractivity contribution >= 4 is 11.4 Å². The molecule has 2 heterocycles. The summed E-state index contributed by atoms with van der Waals surface area (Å²) in [5, 5.41) is 15.1. The Bertz CT molecular complexity index is 2050. The van der Waals surface area contributed by atoms with E-state index in [1.54, 1.807) is 13.8 Å². The van der Waals surface area contributed by atoms with Crippen LogP contribution in [0.5, 0.6) is 0 Å². The Morgan fingerprint density at radius 2 is 0.625 bits per heavy atom. The SMILES string of the molecule is CCO.CCO.CC[n+]1ccc(N(C)C)cc1.CC[n+]1ccc(N(C)C)cc1.[c-]1cc(-c2ccccc2)ccc1-c1ccccc1.c1ccc(-c2ccc(-c3ccccc3)cc2)cc1. The van der Waals surface area contributed by atoms with Crippen LogP contribution in [0.25, 0.3) is 44.5 Å². The molecule has 0 amide bonds. The average Bonchev–Trinajstić information content (AvgIpc) is 3.36. The smallest absolute Gasteiger partial charge is 0.170 e. The summed E-state index contributed by atoms with van der Waals surface area (Å²) in [7, 11) is 8.19. The summed E-state index contributed by atoms with van der Waals surface area (Å²) in [5.41, 5.74) is 12.3. The van der Waals surface area contributed by atoms with Crippen molar-refractivity contribution in [2.75, 3.05) is 51.2 Å². The maximum atomic E-state index is 7.57. The first kappa shape index (κ1) is 51.5. The highest BCUT2D eigenvalue weighted by Gasteiger charge is 2.01. The molecule has 0 fully saturated rings. The number of aryl methyl sites for hydroxylation is 2. The summed E-state index contributed by atoms with van der Waals surface area (Å²) >= 11 is 0. The second kappa shape index (κ2) is 30.2. The van der Waals surface area contributed by atoms with Crippen molar-refractivity contribution in [3.05, 3.63) is 219 Å². The van der Waals surface area contributed by atoms with Crippen molar-refractivity contribution < 1.29 is 19.3 Å². The average molecular weight is 854 g/mol. The van der Waals surface area contributed by atoms with Gasteiger partial charge in [0.2, 0.25) is 0 Å². The van der Waals surface area contributed by atoms with Crippen LogP contribution in [0.2, 0.25) is 0 Å². The lowest BCUT2D eigenvalue weighted by Gasteiger charge is -2.12. The van der Waals surface area contributed by atoms with E-state index in [4.69, 9.17) is 10.2 Å². The number of aromatic nitrogens is 2. The first-order valence-corrected chi connectivity index (χ1v) is 22.1. The predicted molar refractivity (Wildman–Crippen MR) is 272 cm³/mol. The van der Waals surface area contributed by atoms with E-state index < -0.39 is 0 Å². The predicted octanol–water partition coefficient (Wildman–Crippen LogP) is 12.0. The minimum atomic E-state index is 0.250. The van der Waals surface area contributed by atoms with Crippen molar-refractivity contribution in [2.45, 2.75) is 40.8 Å². The van der Waals surface area contributed by atoms with Gasteiger partial charge in [0, 0.05) is 77.0 Å². The van der Waals surface area contributed by atoms with E-state index in [1.165, 1.54) is 50.3 Å². The van der Waals surface area contributed by atoms with E-state index in [-0.39, 0.29) is 13.2 Å². The van der Waals surface area contributed by atoms with Crippen LogP contribution < -0.4 is 18.9 Å². The second-order valence-corrected chi connectivity index (χ2v) is 14.7. The second-order valence-electron chi connectivity index (χ2n) is 14.7. The maximum Gasteiger partial charge on any atom is 0.170 e. The molecule has 2 N–H and O–H groups in total. The summed E-state index contributed by atoms with van der Waals surface area (Å²) in [6, 6.07) is 68.5. The quantitative estimate of drug-likeness (QED) is 0.118. The van der Waals surface area contributed by atoms with E-state index >= 15 is 0 Å². The van der Waals surface area contributed by atoms with Crippen molar-refractivity contribution in [3.63, 3.8) is 0 Å². The molecule has 332 valence electrons. The van der Waals surface area contributed by atoms with Gasteiger partial charge in [-0.15, -0.1) is 29.8 Å². The number of anilines is 2. The third kappa shape index (κ3) is 18.6. The van der Waals surface area contributed by atoms with Crippen molar-refractivity contribution in [2.24, 2.45) is 0 Å². The molecule has 0 saturated carbocycles. The van der Waals surface area contributed by atoms with E-state index in [1.807, 2.05) is 64.6 Å². The zero-order chi connectivity index (χ0) is 46.4. The van der Waals surface area contributed by atoms with Gasteiger partial charge in [-0.1, -0.05) is 162 Å². The molecule has 6 heteroatoms. The third-order valence-corrected chi connectivity index (χ3v) is 9.61. The highest BCUT2D eigenvalue weighted by molar-refractivity contribution is 5.71. The van der Waals surface area contributed by atoms with Crippen LogP contribution in [0.4, 0.5) is 11.4 Å². The Hall–Kier alpha value is -6.86. The molecule has 0 bridgehead atoms. The molecule has 6 aromatic carbocycles. The number of aliphatic hydroxyl groups excluding tert-OH is 2. The van der Waals surface area contributed by atoms with E-state index in [0.29, 0.717) is 0 Å². The summed E-state index contributed by atoms with van der Waals surface area (Å²) in [5.74, 6) is 0. The van der Waals surface area contributed by atoms with Crippen molar-refractivity contribution in [1.82, 2.24) is 0 Å². The van der Waals surface area contributed by atoms with Gasteiger partial charge in [-0.3, -0.25) is 0 Å². The van der Waals surface area contributed by atoms with Gasteiger partial charge < -0.3 is 20.0 Å². The fourth-order valence-corrected chi connectivity index (χ4v) is 6.07. The van der Waals surface area contributed by atoms with Crippen LogP contribution in [0, 0.1) is 6.07 Å². The minimum absolute atomic E-state index is 0.250. The normalized spacial score (nSPS) is 9.66. The third-order valence-electron chi connectivity index (χ3n) is 9.61. The lowest BCUT2D eigenvalue weighted by atomic mass is 10.0. The Morgan fingerprint density at radius 3 is 0.891 bits per heavy atom. The first-order valence-electron chi connectivity index (χ1n) is 22.1. The summed E-state index contributed by atoms with van der Waals surface area (Å²) < 4.78 is 4.29. The zero-order valence-corrected chi connectivity index (χ0v) is 39.2. The number of nitrogens with zero attached hydrogens (tertiary/aromatic N) is 4. The van der Waals surface area contributed by atoms with Crippen LogP contribution in [0.15, 0.2) is 213 Å². The Morgan fingerprint density at radius 1 is 0.359 bits per heavy atom. The molecule has 0 radical (unpaired) electrons. The number of benzene rings is 6. The highest BCUT2D eigenvalue weighted by atomic mass is 16.3. The van der Waals surface area contributed by atoms with Crippen molar-refractivity contribution in [3.8, 4) is 44.5 Å². The van der Waals surface area contributed by atoms with E-state index in [0.717, 1.165) is 18.7 Å². The maximum absolute atomic E-state index is 7.57. The lowest BCUT2D eigenvalue weighted by molar-refractivity contribution is -0.693. The molecule has 0 unspecified atom stereocenters.